The van der Waals surface area contributed by atoms with Crippen molar-refractivity contribution in [1.29, 1.82) is 0 Å². The van der Waals surface area contributed by atoms with Crippen molar-refractivity contribution in [3.05, 3.63) is 18.6 Å². The molecular weight excluding hydrogens is 254 g/mol. The molecular formula is C14H23N5O. The molecule has 0 bridgehead atoms. The van der Waals surface area contributed by atoms with E-state index < -0.39 is 0 Å². The second-order valence-corrected chi connectivity index (χ2v) is 5.33. The number of imidazole rings is 1. The molecule has 2 heterocycles. The minimum atomic E-state index is -0.380. The lowest BCUT2D eigenvalue weighted by Crippen LogP contribution is -2.22. The van der Waals surface area contributed by atoms with Gasteiger partial charge in [0, 0.05) is 25.5 Å². The van der Waals surface area contributed by atoms with Crippen LogP contribution < -0.4 is 10.6 Å². The Morgan fingerprint density at radius 3 is 2.85 bits per heavy atom. The second-order valence-electron chi connectivity index (χ2n) is 5.33. The van der Waals surface area contributed by atoms with Gasteiger partial charge >= 0.3 is 0 Å². The molecule has 110 valence electrons. The molecule has 0 aliphatic rings. The van der Waals surface area contributed by atoms with Gasteiger partial charge in [-0.15, -0.1) is 0 Å². The van der Waals surface area contributed by atoms with Crippen molar-refractivity contribution >= 4 is 17.3 Å². The van der Waals surface area contributed by atoms with Gasteiger partial charge in [0.2, 0.25) is 0 Å². The summed E-state index contributed by atoms with van der Waals surface area (Å²) >= 11 is 0. The molecule has 0 saturated carbocycles. The number of hydrogen-bond donors (Lipinski definition) is 3. The molecule has 6 heteroatoms. The standard InChI is InChI=1S/C14H23N5O/c1-4-15-12-9-19-6-5-16-14(19)13(18-12)17-8-11(20)7-10(2)3/h5-6,9-11,15,20H,4,7-8H2,1-3H3,(H,17,18). The smallest absolute Gasteiger partial charge is 0.180 e. The lowest BCUT2D eigenvalue weighted by atomic mass is 10.1. The maximum absolute atomic E-state index is 9.94. The van der Waals surface area contributed by atoms with Crippen molar-refractivity contribution in [2.75, 3.05) is 23.7 Å². The van der Waals surface area contributed by atoms with Gasteiger partial charge in [0.25, 0.3) is 0 Å². The largest absolute Gasteiger partial charge is 0.391 e. The second kappa shape index (κ2) is 6.56. The molecule has 20 heavy (non-hydrogen) atoms. The normalized spacial score (nSPS) is 12.8. The van der Waals surface area contributed by atoms with Crippen LogP contribution in [-0.4, -0.2) is 38.7 Å². The summed E-state index contributed by atoms with van der Waals surface area (Å²) in [5.74, 6) is 1.95. The number of rotatable bonds is 7. The van der Waals surface area contributed by atoms with Crippen LogP contribution in [0, 0.1) is 5.92 Å². The van der Waals surface area contributed by atoms with Gasteiger partial charge in [-0.25, -0.2) is 9.97 Å². The minimum absolute atomic E-state index is 0.380. The average Bonchev–Trinajstić information content (AvgIpc) is 2.83. The van der Waals surface area contributed by atoms with Gasteiger partial charge in [-0.1, -0.05) is 13.8 Å². The molecule has 0 aliphatic carbocycles. The summed E-state index contributed by atoms with van der Waals surface area (Å²) in [7, 11) is 0. The number of hydrogen-bond acceptors (Lipinski definition) is 5. The molecule has 3 N–H and O–H groups in total. The van der Waals surface area contributed by atoms with E-state index in [1.165, 1.54) is 0 Å². The average molecular weight is 277 g/mol. The van der Waals surface area contributed by atoms with E-state index in [0.29, 0.717) is 18.3 Å². The number of fused-ring (bicyclic) bond motifs is 1. The highest BCUT2D eigenvalue weighted by atomic mass is 16.3. The van der Waals surface area contributed by atoms with Gasteiger partial charge < -0.3 is 20.1 Å². The maximum Gasteiger partial charge on any atom is 0.180 e. The molecule has 0 fully saturated rings. The van der Waals surface area contributed by atoms with Crippen molar-refractivity contribution in [1.82, 2.24) is 14.4 Å². The Kier molecular flexibility index (Phi) is 4.79. The topological polar surface area (TPSA) is 74.5 Å². The fourth-order valence-corrected chi connectivity index (χ4v) is 2.16. The highest BCUT2D eigenvalue weighted by molar-refractivity contribution is 5.65. The predicted molar refractivity (Wildman–Crippen MR) is 81.1 cm³/mol. The molecule has 0 aromatic carbocycles. The van der Waals surface area contributed by atoms with Crippen LogP contribution in [0.15, 0.2) is 18.6 Å². The number of aromatic nitrogens is 3. The summed E-state index contributed by atoms with van der Waals surface area (Å²) in [5, 5.41) is 16.3. The van der Waals surface area contributed by atoms with E-state index in [9.17, 15) is 5.11 Å². The van der Waals surface area contributed by atoms with E-state index in [1.807, 2.05) is 23.7 Å². The highest BCUT2D eigenvalue weighted by Gasteiger charge is 2.10. The summed E-state index contributed by atoms with van der Waals surface area (Å²) in [6.07, 6.45) is 5.91. The monoisotopic (exact) mass is 277 g/mol. The third kappa shape index (κ3) is 3.60. The Hall–Kier alpha value is -1.82. The minimum Gasteiger partial charge on any atom is -0.391 e. The van der Waals surface area contributed by atoms with E-state index in [0.717, 1.165) is 24.4 Å². The lowest BCUT2D eigenvalue weighted by Gasteiger charge is -2.15. The van der Waals surface area contributed by atoms with Crippen molar-refractivity contribution in [2.45, 2.75) is 33.3 Å². The van der Waals surface area contributed by atoms with Crippen molar-refractivity contribution in [3.8, 4) is 0 Å². The summed E-state index contributed by atoms with van der Waals surface area (Å²) in [6, 6.07) is 0. The zero-order chi connectivity index (χ0) is 14.5. The first kappa shape index (κ1) is 14.6. The van der Waals surface area contributed by atoms with E-state index in [2.05, 4.69) is 34.4 Å². The third-order valence-corrected chi connectivity index (χ3v) is 2.98. The van der Waals surface area contributed by atoms with Crippen LogP contribution in [0.5, 0.6) is 0 Å². The van der Waals surface area contributed by atoms with Crippen LogP contribution >= 0.6 is 0 Å². The third-order valence-electron chi connectivity index (χ3n) is 2.98. The first-order chi connectivity index (χ1) is 9.60. The first-order valence-corrected chi connectivity index (χ1v) is 7.09. The van der Waals surface area contributed by atoms with E-state index >= 15 is 0 Å². The van der Waals surface area contributed by atoms with Gasteiger partial charge in [-0.2, -0.15) is 0 Å². The van der Waals surface area contributed by atoms with E-state index in [1.54, 1.807) is 6.20 Å². The molecule has 0 radical (unpaired) electrons. The van der Waals surface area contributed by atoms with Crippen LogP contribution in [0.3, 0.4) is 0 Å². The number of nitrogens with one attached hydrogen (secondary N) is 2. The zero-order valence-electron chi connectivity index (χ0n) is 12.3. The maximum atomic E-state index is 9.94. The molecule has 6 nitrogen and oxygen atoms in total. The molecule has 2 rings (SSSR count). The molecule has 2 aromatic heterocycles. The first-order valence-electron chi connectivity index (χ1n) is 7.09. The van der Waals surface area contributed by atoms with Crippen molar-refractivity contribution in [3.63, 3.8) is 0 Å². The predicted octanol–water partition coefficient (Wildman–Crippen LogP) is 1.98. The Labute approximate surface area is 119 Å². The number of anilines is 2. The Balaban J connectivity index is 2.13. The summed E-state index contributed by atoms with van der Waals surface area (Å²) in [4.78, 5) is 8.78. The van der Waals surface area contributed by atoms with Crippen LogP contribution in [0.4, 0.5) is 11.6 Å². The van der Waals surface area contributed by atoms with Crippen molar-refractivity contribution in [2.24, 2.45) is 5.92 Å². The Morgan fingerprint density at radius 2 is 2.15 bits per heavy atom. The number of nitrogens with zero attached hydrogens (tertiary/aromatic N) is 3. The molecule has 1 atom stereocenters. The van der Waals surface area contributed by atoms with Crippen LogP contribution in [0.1, 0.15) is 27.2 Å². The quantitative estimate of drug-likeness (QED) is 0.721. The number of aliphatic hydroxyl groups excluding tert-OH is 1. The molecule has 0 aliphatic heterocycles. The molecule has 0 saturated heterocycles. The van der Waals surface area contributed by atoms with Crippen LogP contribution in [0.25, 0.3) is 5.65 Å². The summed E-state index contributed by atoms with van der Waals surface area (Å²) in [6.45, 7) is 7.51. The Bertz CT molecular complexity index is 551. The Morgan fingerprint density at radius 1 is 1.35 bits per heavy atom. The summed E-state index contributed by atoms with van der Waals surface area (Å²) in [5.41, 5.74) is 0.767. The highest BCUT2D eigenvalue weighted by Crippen LogP contribution is 2.16. The van der Waals surface area contributed by atoms with Crippen LogP contribution in [0.2, 0.25) is 0 Å². The van der Waals surface area contributed by atoms with Gasteiger partial charge in [0.15, 0.2) is 11.5 Å². The fourth-order valence-electron chi connectivity index (χ4n) is 2.16. The fraction of sp³-hybridized carbons (Fsp3) is 0.571. The zero-order valence-corrected chi connectivity index (χ0v) is 12.3. The van der Waals surface area contributed by atoms with Gasteiger partial charge in [0.05, 0.1) is 12.3 Å². The summed E-state index contributed by atoms with van der Waals surface area (Å²) < 4.78 is 1.92. The van der Waals surface area contributed by atoms with Gasteiger partial charge in [-0.05, 0) is 19.3 Å². The lowest BCUT2D eigenvalue weighted by molar-refractivity contribution is 0.161. The van der Waals surface area contributed by atoms with E-state index in [4.69, 9.17) is 0 Å². The molecule has 1 unspecified atom stereocenters. The SMILES string of the molecule is CCNc1cn2ccnc2c(NCC(O)CC(C)C)n1. The van der Waals surface area contributed by atoms with E-state index in [-0.39, 0.29) is 6.10 Å². The number of aliphatic hydroxyl groups is 1. The van der Waals surface area contributed by atoms with Crippen LogP contribution in [-0.2, 0) is 0 Å². The molecule has 2 aromatic rings. The van der Waals surface area contributed by atoms with Crippen molar-refractivity contribution < 1.29 is 5.11 Å². The molecule has 0 spiro atoms. The molecule has 0 amide bonds. The van der Waals surface area contributed by atoms with Gasteiger partial charge in [0.1, 0.15) is 5.82 Å². The van der Waals surface area contributed by atoms with Gasteiger partial charge in [-0.3, -0.25) is 0 Å².